The number of amides is 2. The van der Waals surface area contributed by atoms with Crippen molar-refractivity contribution in [2.45, 2.75) is 25.9 Å². The molecular weight excluding hydrogens is 344 g/mol. The molecule has 2 aromatic heterocycles. The number of benzene rings is 1. The molecule has 27 heavy (non-hydrogen) atoms. The van der Waals surface area contributed by atoms with E-state index < -0.39 is 0 Å². The molecule has 7 heteroatoms. The minimum atomic E-state index is -0.270. The Hall–Kier alpha value is -3.35. The van der Waals surface area contributed by atoms with Crippen LogP contribution in [0.5, 0.6) is 0 Å². The van der Waals surface area contributed by atoms with E-state index in [0.29, 0.717) is 32.5 Å². The molecule has 0 aliphatic heterocycles. The number of hydrogen-bond donors (Lipinski definition) is 2. The first-order chi connectivity index (χ1) is 13.2. The monoisotopic (exact) mass is 366 g/mol. The van der Waals surface area contributed by atoms with Crippen molar-refractivity contribution in [3.63, 3.8) is 0 Å². The maximum Gasteiger partial charge on any atom is 0.286 e. The van der Waals surface area contributed by atoms with Gasteiger partial charge in [0.1, 0.15) is 0 Å². The van der Waals surface area contributed by atoms with Crippen LogP contribution in [0.4, 0.5) is 0 Å². The average molecular weight is 366 g/mol. The fraction of sp³-hybridized carbons (Fsp3) is 0.250. The minimum absolute atomic E-state index is 0.0452. The van der Waals surface area contributed by atoms with Crippen molar-refractivity contribution in [1.82, 2.24) is 20.4 Å². The SMILES string of the molecule is O=C(CCCNC(=O)c1ccco1)NCc1ccccc1Cn1cccn1. The standard InChI is InChI=1S/C20H22N4O3/c25-19(9-3-10-21-20(26)18-8-4-13-27-18)22-14-16-6-1-2-7-17(16)15-24-12-5-11-23-24/h1-2,4-8,11-13H,3,9-10,14-15H2,(H,21,26)(H,22,25). The number of rotatable bonds is 9. The van der Waals surface area contributed by atoms with Crippen LogP contribution in [-0.4, -0.2) is 28.1 Å². The molecule has 0 saturated heterocycles. The molecule has 0 atom stereocenters. The van der Waals surface area contributed by atoms with Crippen LogP contribution in [0.15, 0.2) is 65.5 Å². The third kappa shape index (κ3) is 5.57. The number of furan rings is 1. The fourth-order valence-electron chi connectivity index (χ4n) is 2.68. The maximum atomic E-state index is 12.1. The lowest BCUT2D eigenvalue weighted by Crippen LogP contribution is -2.27. The topological polar surface area (TPSA) is 89.2 Å². The second kappa shape index (κ2) is 9.38. The van der Waals surface area contributed by atoms with Gasteiger partial charge < -0.3 is 15.1 Å². The Kier molecular flexibility index (Phi) is 6.40. The van der Waals surface area contributed by atoms with Crippen LogP contribution in [0, 0.1) is 0 Å². The van der Waals surface area contributed by atoms with Crippen molar-refractivity contribution in [1.29, 1.82) is 0 Å². The number of nitrogens with zero attached hydrogens (tertiary/aromatic N) is 2. The molecule has 140 valence electrons. The summed E-state index contributed by atoms with van der Waals surface area (Å²) in [6, 6.07) is 13.1. The highest BCUT2D eigenvalue weighted by Gasteiger charge is 2.08. The lowest BCUT2D eigenvalue weighted by atomic mass is 10.1. The first-order valence-corrected chi connectivity index (χ1v) is 8.85. The molecule has 0 spiro atoms. The minimum Gasteiger partial charge on any atom is -0.459 e. The van der Waals surface area contributed by atoms with E-state index in [9.17, 15) is 9.59 Å². The Balaban J connectivity index is 1.40. The number of carbonyl (C=O) groups is 2. The first kappa shape index (κ1) is 18.4. The summed E-state index contributed by atoms with van der Waals surface area (Å²) in [7, 11) is 0. The zero-order chi connectivity index (χ0) is 18.9. The summed E-state index contributed by atoms with van der Waals surface area (Å²) in [6.07, 6.45) is 6.01. The summed E-state index contributed by atoms with van der Waals surface area (Å²) >= 11 is 0. The molecule has 0 radical (unpaired) electrons. The molecule has 0 saturated carbocycles. The summed E-state index contributed by atoms with van der Waals surface area (Å²) in [5, 5.41) is 9.88. The molecule has 7 nitrogen and oxygen atoms in total. The third-order valence-electron chi connectivity index (χ3n) is 4.10. The molecule has 2 amide bonds. The third-order valence-corrected chi connectivity index (χ3v) is 4.10. The Morgan fingerprint density at radius 3 is 2.63 bits per heavy atom. The van der Waals surface area contributed by atoms with Gasteiger partial charge in [0.15, 0.2) is 5.76 Å². The summed E-state index contributed by atoms with van der Waals surface area (Å²) in [5.41, 5.74) is 2.18. The van der Waals surface area contributed by atoms with Crippen LogP contribution in [0.1, 0.15) is 34.5 Å². The van der Waals surface area contributed by atoms with Crippen molar-refractivity contribution >= 4 is 11.8 Å². The summed E-state index contributed by atoms with van der Waals surface area (Å²) in [6.45, 7) is 1.55. The van der Waals surface area contributed by atoms with Gasteiger partial charge in [-0.1, -0.05) is 24.3 Å². The number of hydrogen-bond acceptors (Lipinski definition) is 4. The van der Waals surface area contributed by atoms with Gasteiger partial charge in [0, 0.05) is 31.9 Å². The van der Waals surface area contributed by atoms with Gasteiger partial charge in [0.05, 0.1) is 12.8 Å². The van der Waals surface area contributed by atoms with Crippen LogP contribution in [0.2, 0.25) is 0 Å². The molecular formula is C20H22N4O3. The van der Waals surface area contributed by atoms with Crippen molar-refractivity contribution in [3.05, 3.63) is 78.0 Å². The molecule has 2 heterocycles. The molecule has 2 N–H and O–H groups in total. The van der Waals surface area contributed by atoms with E-state index in [2.05, 4.69) is 15.7 Å². The number of nitrogens with one attached hydrogen (secondary N) is 2. The molecule has 0 aliphatic rings. The zero-order valence-corrected chi connectivity index (χ0v) is 14.9. The molecule has 3 rings (SSSR count). The van der Waals surface area contributed by atoms with Crippen LogP contribution in [0.25, 0.3) is 0 Å². The van der Waals surface area contributed by atoms with Crippen LogP contribution in [-0.2, 0) is 17.9 Å². The van der Waals surface area contributed by atoms with Gasteiger partial charge in [-0.05, 0) is 35.7 Å². The number of carbonyl (C=O) groups excluding carboxylic acids is 2. The van der Waals surface area contributed by atoms with Gasteiger partial charge in [-0.25, -0.2) is 0 Å². The Bertz CT molecular complexity index is 857. The Morgan fingerprint density at radius 1 is 1.04 bits per heavy atom. The van der Waals surface area contributed by atoms with E-state index in [1.807, 2.05) is 41.2 Å². The smallest absolute Gasteiger partial charge is 0.286 e. The highest BCUT2D eigenvalue weighted by molar-refractivity contribution is 5.91. The molecule has 1 aromatic carbocycles. The second-order valence-corrected chi connectivity index (χ2v) is 6.09. The van der Waals surface area contributed by atoms with Crippen molar-refractivity contribution < 1.29 is 14.0 Å². The summed E-state index contributed by atoms with van der Waals surface area (Å²) in [4.78, 5) is 23.8. The predicted molar refractivity (Wildman–Crippen MR) is 99.9 cm³/mol. The maximum absolute atomic E-state index is 12.1. The second-order valence-electron chi connectivity index (χ2n) is 6.09. The fourth-order valence-corrected chi connectivity index (χ4v) is 2.68. The lowest BCUT2D eigenvalue weighted by molar-refractivity contribution is -0.121. The van der Waals surface area contributed by atoms with E-state index in [1.165, 1.54) is 6.26 Å². The summed E-state index contributed by atoms with van der Waals surface area (Å²) in [5.74, 6) is -0.0441. The van der Waals surface area contributed by atoms with Crippen LogP contribution >= 0.6 is 0 Å². The average Bonchev–Trinajstić information content (AvgIpc) is 3.38. The predicted octanol–water partition coefficient (Wildman–Crippen LogP) is 2.35. The van der Waals surface area contributed by atoms with Crippen LogP contribution < -0.4 is 10.6 Å². The largest absolute Gasteiger partial charge is 0.459 e. The van der Waals surface area contributed by atoms with E-state index in [0.717, 1.165) is 11.1 Å². The van der Waals surface area contributed by atoms with Gasteiger partial charge in [-0.3, -0.25) is 14.3 Å². The highest BCUT2D eigenvalue weighted by atomic mass is 16.3. The van der Waals surface area contributed by atoms with Gasteiger partial charge in [-0.2, -0.15) is 5.10 Å². The van der Waals surface area contributed by atoms with E-state index in [-0.39, 0.29) is 17.6 Å². The molecule has 0 fully saturated rings. The molecule has 0 unspecified atom stereocenters. The molecule has 3 aromatic rings. The summed E-state index contributed by atoms with van der Waals surface area (Å²) < 4.78 is 6.86. The van der Waals surface area contributed by atoms with E-state index >= 15 is 0 Å². The molecule has 0 aliphatic carbocycles. The Morgan fingerprint density at radius 2 is 1.89 bits per heavy atom. The highest BCUT2D eigenvalue weighted by Crippen LogP contribution is 2.10. The van der Waals surface area contributed by atoms with Crippen molar-refractivity contribution in [2.75, 3.05) is 6.54 Å². The normalized spacial score (nSPS) is 10.5. The van der Waals surface area contributed by atoms with Crippen molar-refractivity contribution in [2.24, 2.45) is 0 Å². The zero-order valence-electron chi connectivity index (χ0n) is 14.9. The van der Waals surface area contributed by atoms with Gasteiger partial charge in [-0.15, -0.1) is 0 Å². The van der Waals surface area contributed by atoms with Gasteiger partial charge in [0.25, 0.3) is 5.91 Å². The van der Waals surface area contributed by atoms with Gasteiger partial charge >= 0.3 is 0 Å². The Labute approximate surface area is 157 Å². The first-order valence-electron chi connectivity index (χ1n) is 8.85. The number of aromatic nitrogens is 2. The molecule has 0 bridgehead atoms. The van der Waals surface area contributed by atoms with Crippen molar-refractivity contribution in [3.8, 4) is 0 Å². The van der Waals surface area contributed by atoms with E-state index in [1.54, 1.807) is 18.3 Å². The van der Waals surface area contributed by atoms with Gasteiger partial charge in [0.2, 0.25) is 5.91 Å². The van der Waals surface area contributed by atoms with Crippen LogP contribution in [0.3, 0.4) is 0 Å². The lowest BCUT2D eigenvalue weighted by Gasteiger charge is -2.11. The quantitative estimate of drug-likeness (QED) is 0.569. The van der Waals surface area contributed by atoms with E-state index in [4.69, 9.17) is 4.42 Å².